The Kier molecular flexibility index (Phi) is 12.6. The molecule has 5 rings (SSSR count). The maximum absolute atomic E-state index is 14.7. The third kappa shape index (κ3) is 9.25. The second-order valence-corrected chi connectivity index (χ2v) is 15.5. The van der Waals surface area contributed by atoms with Crippen molar-refractivity contribution in [2.45, 2.75) is 51.6 Å². The van der Waals surface area contributed by atoms with E-state index in [2.05, 4.69) is 72.9 Å². The number of benzene rings is 2. The lowest BCUT2D eigenvalue weighted by atomic mass is 9.72. The first kappa shape index (κ1) is 35.6. The summed E-state index contributed by atoms with van der Waals surface area (Å²) in [4.78, 5) is 46.2. The molecule has 0 unspecified atom stereocenters. The molecule has 1 fully saturated rings. The van der Waals surface area contributed by atoms with Gasteiger partial charge < -0.3 is 0 Å². The summed E-state index contributed by atoms with van der Waals surface area (Å²) in [6.45, 7) is 2.00. The first-order valence-corrected chi connectivity index (χ1v) is 18.8. The number of pyridine rings is 2. The highest BCUT2D eigenvalue weighted by Gasteiger charge is 2.57. The van der Waals surface area contributed by atoms with Crippen LogP contribution < -0.4 is 9.13 Å². The van der Waals surface area contributed by atoms with Gasteiger partial charge in [-0.2, -0.15) is 0 Å². The molecule has 0 aliphatic carbocycles. The van der Waals surface area contributed by atoms with Crippen LogP contribution in [0.5, 0.6) is 0 Å². The van der Waals surface area contributed by atoms with Crippen molar-refractivity contribution in [3.8, 4) is 0 Å². The van der Waals surface area contributed by atoms with Crippen molar-refractivity contribution in [3.63, 3.8) is 0 Å². The highest BCUT2D eigenvalue weighted by Crippen LogP contribution is 2.39. The van der Waals surface area contributed by atoms with Gasteiger partial charge in [0.1, 0.15) is 18.5 Å². The molecule has 0 saturated carbocycles. The normalized spacial score (nSPS) is 14.6. The number of aromatic nitrogens is 2. The van der Waals surface area contributed by atoms with Gasteiger partial charge in [-0.05, 0) is 73.2 Å². The number of aryl methyl sites for hydroxylation is 2. The number of imide groups is 2. The van der Waals surface area contributed by atoms with Crippen LogP contribution >= 0.6 is 63.7 Å². The van der Waals surface area contributed by atoms with Gasteiger partial charge in [-0.25, -0.2) is 13.9 Å². The SMILES string of the molecule is O=C1N(CCCC[n+]2ccccc2)C(=O)C(Cc2cc(Br)cc(Br)c2)(Cc2cc(Br)cc(Br)c2)C(=O)N1CCCC[n+]1ccccc1. The molecule has 4 amide bonds. The van der Waals surface area contributed by atoms with Gasteiger partial charge in [-0.15, -0.1) is 0 Å². The maximum atomic E-state index is 14.7. The van der Waals surface area contributed by atoms with Crippen molar-refractivity contribution in [2.75, 3.05) is 13.1 Å². The average molecular weight is 892 g/mol. The fraction of sp³-hybridized carbons (Fsp3) is 0.306. The lowest BCUT2D eigenvalue weighted by Gasteiger charge is -2.44. The molecule has 11 heteroatoms. The van der Waals surface area contributed by atoms with E-state index in [-0.39, 0.29) is 25.9 Å². The number of halogens is 4. The van der Waals surface area contributed by atoms with E-state index >= 15 is 0 Å². The van der Waals surface area contributed by atoms with E-state index in [4.69, 9.17) is 0 Å². The average Bonchev–Trinajstić information content (AvgIpc) is 3.03. The van der Waals surface area contributed by atoms with E-state index in [1.54, 1.807) is 0 Å². The largest absolute Gasteiger partial charge is 0.333 e. The number of urea groups is 1. The molecule has 2 aromatic heterocycles. The van der Waals surface area contributed by atoms with E-state index in [0.717, 1.165) is 54.9 Å². The van der Waals surface area contributed by atoms with Gasteiger partial charge >= 0.3 is 6.03 Å². The molecule has 0 N–H and O–H groups in total. The molecule has 2 aromatic carbocycles. The van der Waals surface area contributed by atoms with E-state index in [0.29, 0.717) is 12.8 Å². The van der Waals surface area contributed by atoms with Crippen molar-refractivity contribution in [2.24, 2.45) is 5.41 Å². The molecule has 0 atom stereocenters. The van der Waals surface area contributed by atoms with Crippen molar-refractivity contribution < 1.29 is 23.5 Å². The van der Waals surface area contributed by atoms with Crippen LogP contribution in [0, 0.1) is 5.41 Å². The summed E-state index contributed by atoms with van der Waals surface area (Å²) in [5.74, 6) is -0.883. The molecule has 4 aromatic rings. The zero-order chi connectivity index (χ0) is 33.4. The van der Waals surface area contributed by atoms with Gasteiger partial charge in [0.2, 0.25) is 11.8 Å². The van der Waals surface area contributed by atoms with Crippen LogP contribution in [0.3, 0.4) is 0 Å². The van der Waals surface area contributed by atoms with Gasteiger partial charge in [0.15, 0.2) is 24.8 Å². The van der Waals surface area contributed by atoms with Crippen molar-refractivity contribution in [3.05, 3.63) is 127 Å². The highest BCUT2D eigenvalue weighted by atomic mass is 79.9. The zero-order valence-corrected chi connectivity index (χ0v) is 32.2. The summed E-state index contributed by atoms with van der Waals surface area (Å²) in [7, 11) is 0. The molecule has 244 valence electrons. The van der Waals surface area contributed by atoms with Gasteiger partial charge in [0, 0.05) is 68.1 Å². The number of unbranched alkanes of at least 4 members (excludes halogenated alkanes) is 2. The Morgan fingerprint density at radius 3 is 1.23 bits per heavy atom. The third-order valence-electron chi connectivity index (χ3n) is 8.28. The third-order valence-corrected chi connectivity index (χ3v) is 10.1. The molecule has 7 nitrogen and oxygen atoms in total. The Morgan fingerprint density at radius 1 is 0.511 bits per heavy atom. The molecule has 0 spiro atoms. The number of amides is 4. The molecule has 1 saturated heterocycles. The Hall–Kier alpha value is -2.73. The van der Waals surface area contributed by atoms with Gasteiger partial charge in [0.25, 0.3) is 0 Å². The smallest absolute Gasteiger partial charge is 0.273 e. The summed E-state index contributed by atoms with van der Waals surface area (Å²) in [6.07, 6.45) is 11.1. The number of barbiturate groups is 1. The van der Waals surface area contributed by atoms with Crippen molar-refractivity contribution in [1.29, 1.82) is 0 Å². The Bertz CT molecular complexity index is 1560. The van der Waals surface area contributed by atoms with Gasteiger partial charge in [0.05, 0.1) is 0 Å². The molecule has 47 heavy (non-hydrogen) atoms. The van der Waals surface area contributed by atoms with Crippen LogP contribution in [0.2, 0.25) is 0 Å². The number of hydrogen-bond acceptors (Lipinski definition) is 3. The van der Waals surface area contributed by atoms with Crippen LogP contribution in [0.1, 0.15) is 36.8 Å². The van der Waals surface area contributed by atoms with Crippen LogP contribution in [-0.2, 0) is 35.5 Å². The molecular weight excluding hydrogens is 856 g/mol. The molecule has 0 radical (unpaired) electrons. The van der Waals surface area contributed by atoms with Gasteiger partial charge in [-0.3, -0.25) is 19.4 Å². The molecule has 1 aliphatic rings. The molecular formula is C36H36Br4N4O3+2. The molecule has 0 bridgehead atoms. The van der Waals surface area contributed by atoms with Crippen LogP contribution in [0.4, 0.5) is 4.79 Å². The predicted molar refractivity (Wildman–Crippen MR) is 194 cm³/mol. The number of nitrogens with zero attached hydrogens (tertiary/aromatic N) is 4. The summed E-state index contributed by atoms with van der Waals surface area (Å²) in [5.41, 5.74) is 0.117. The van der Waals surface area contributed by atoms with E-state index < -0.39 is 23.3 Å². The fourth-order valence-corrected chi connectivity index (χ4v) is 8.88. The second kappa shape index (κ2) is 16.6. The monoisotopic (exact) mass is 888 g/mol. The Morgan fingerprint density at radius 2 is 0.872 bits per heavy atom. The number of carbonyl (C=O) groups excluding carboxylic acids is 3. The Labute approximate surface area is 309 Å². The van der Waals surface area contributed by atoms with Crippen molar-refractivity contribution in [1.82, 2.24) is 9.80 Å². The summed E-state index contributed by atoms with van der Waals surface area (Å²) in [6, 6.07) is 22.9. The standard InChI is InChI=1S/C36H36Br4N4O3/c37-29-19-27(20-30(38)23-29)25-36(26-28-21-31(39)24-32(40)22-28)33(45)43(17-9-7-15-41-11-3-1-4-12-41)35(47)44(34(36)46)18-10-8-16-42-13-5-2-6-14-42/h1-6,11-14,19-24H,7-10,15-18,25-26H2/q+2. The zero-order valence-electron chi connectivity index (χ0n) is 25.8. The van der Waals surface area contributed by atoms with Crippen LogP contribution in [0.15, 0.2) is 115 Å². The topological polar surface area (TPSA) is 65.5 Å². The number of carbonyl (C=O) groups is 3. The second-order valence-electron chi connectivity index (χ2n) is 11.8. The van der Waals surface area contributed by atoms with E-state index in [1.165, 1.54) is 9.80 Å². The highest BCUT2D eigenvalue weighted by molar-refractivity contribution is 9.11. The predicted octanol–water partition coefficient (Wildman–Crippen LogP) is 7.83. The quantitative estimate of drug-likeness (QED) is 0.0737. The minimum atomic E-state index is -1.52. The lowest BCUT2D eigenvalue weighted by molar-refractivity contribution is -0.697. The van der Waals surface area contributed by atoms with Gasteiger partial charge in [-0.1, -0.05) is 75.9 Å². The number of hydrogen-bond donors (Lipinski definition) is 0. The van der Waals surface area contributed by atoms with Crippen molar-refractivity contribution >= 4 is 81.6 Å². The van der Waals surface area contributed by atoms with Crippen LogP contribution in [0.25, 0.3) is 0 Å². The van der Waals surface area contributed by atoms with E-state index in [9.17, 15) is 14.4 Å². The molecule has 3 heterocycles. The fourth-order valence-electron chi connectivity index (χ4n) is 6.11. The summed E-state index contributed by atoms with van der Waals surface area (Å²) < 4.78 is 7.50. The summed E-state index contributed by atoms with van der Waals surface area (Å²) >= 11 is 14.3. The number of rotatable bonds is 14. The Balaban J connectivity index is 1.47. The first-order valence-electron chi connectivity index (χ1n) is 15.6. The van der Waals surface area contributed by atoms with E-state index in [1.807, 2.05) is 97.6 Å². The maximum Gasteiger partial charge on any atom is 0.333 e. The minimum absolute atomic E-state index is 0.146. The lowest BCUT2D eigenvalue weighted by Crippen LogP contribution is -2.66. The summed E-state index contributed by atoms with van der Waals surface area (Å²) in [5, 5.41) is 0. The first-order chi connectivity index (χ1) is 22.6. The minimum Gasteiger partial charge on any atom is -0.273 e. The van der Waals surface area contributed by atoms with Crippen LogP contribution in [-0.4, -0.2) is 40.7 Å². The molecule has 1 aliphatic heterocycles.